The minimum absolute atomic E-state index is 0.655. The minimum Gasteiger partial charge on any atom is -0.365 e. The van der Waals surface area contributed by atoms with Crippen molar-refractivity contribution >= 4 is 11.6 Å². The molecule has 3 aromatic rings. The van der Waals surface area contributed by atoms with Gasteiger partial charge in [0.25, 0.3) is 0 Å². The number of nitrogens with zero attached hydrogens (tertiary/aromatic N) is 6. The number of anilines is 2. The highest BCUT2D eigenvalue weighted by molar-refractivity contribution is 5.42. The summed E-state index contributed by atoms with van der Waals surface area (Å²) in [4.78, 5) is 15.8. The Balaban J connectivity index is 1.43. The van der Waals surface area contributed by atoms with Gasteiger partial charge in [-0.15, -0.1) is 0 Å². The van der Waals surface area contributed by atoms with E-state index >= 15 is 0 Å². The van der Waals surface area contributed by atoms with E-state index < -0.39 is 0 Å². The van der Waals surface area contributed by atoms with Gasteiger partial charge in [-0.05, 0) is 44.4 Å². The molecule has 1 fully saturated rings. The maximum atomic E-state index is 4.61. The summed E-state index contributed by atoms with van der Waals surface area (Å²) in [5, 5.41) is 7.78. The van der Waals surface area contributed by atoms with E-state index in [2.05, 4.69) is 42.4 Å². The van der Waals surface area contributed by atoms with Crippen molar-refractivity contribution in [1.29, 1.82) is 0 Å². The van der Waals surface area contributed by atoms with Gasteiger partial charge in [-0.3, -0.25) is 4.98 Å². The van der Waals surface area contributed by atoms with Crippen molar-refractivity contribution in [2.75, 3.05) is 23.3 Å². The molecule has 0 aromatic carbocycles. The molecular weight excluding hydrogens is 326 g/mol. The Morgan fingerprint density at radius 3 is 2.58 bits per heavy atom. The second-order valence-electron chi connectivity index (χ2n) is 6.67. The molecule has 0 spiro atoms. The monoisotopic (exact) mass is 349 g/mol. The van der Waals surface area contributed by atoms with Gasteiger partial charge in [0.15, 0.2) is 5.82 Å². The van der Waals surface area contributed by atoms with Gasteiger partial charge in [-0.1, -0.05) is 6.07 Å². The summed E-state index contributed by atoms with van der Waals surface area (Å²) in [7, 11) is 0. The van der Waals surface area contributed by atoms with E-state index in [1.165, 1.54) is 12.8 Å². The van der Waals surface area contributed by atoms with E-state index in [4.69, 9.17) is 0 Å². The van der Waals surface area contributed by atoms with Crippen LogP contribution in [0.25, 0.3) is 5.82 Å². The van der Waals surface area contributed by atoms with Gasteiger partial charge < -0.3 is 10.2 Å². The van der Waals surface area contributed by atoms with Crippen molar-refractivity contribution < 1.29 is 0 Å². The molecule has 1 aliphatic rings. The summed E-state index contributed by atoms with van der Waals surface area (Å²) in [5.41, 5.74) is 3.12. The van der Waals surface area contributed by atoms with E-state index in [1.54, 1.807) is 17.1 Å². The minimum atomic E-state index is 0.655. The van der Waals surface area contributed by atoms with Crippen molar-refractivity contribution in [3.8, 4) is 5.82 Å². The van der Waals surface area contributed by atoms with Gasteiger partial charge in [0.2, 0.25) is 0 Å². The second kappa shape index (κ2) is 7.11. The summed E-state index contributed by atoms with van der Waals surface area (Å²) < 4.78 is 1.81. The van der Waals surface area contributed by atoms with Crippen molar-refractivity contribution in [3.05, 3.63) is 53.7 Å². The van der Waals surface area contributed by atoms with Crippen LogP contribution in [-0.4, -0.2) is 37.8 Å². The molecule has 4 rings (SSSR count). The van der Waals surface area contributed by atoms with Gasteiger partial charge in [0, 0.05) is 31.5 Å². The number of aromatic nitrogens is 5. The third-order valence-electron chi connectivity index (χ3n) is 4.56. The average molecular weight is 349 g/mol. The Bertz CT molecular complexity index is 879. The fourth-order valence-corrected chi connectivity index (χ4v) is 3.25. The van der Waals surface area contributed by atoms with Crippen molar-refractivity contribution in [3.63, 3.8) is 0 Å². The lowest BCUT2D eigenvalue weighted by molar-refractivity contribution is 0.799. The number of nitrogens with one attached hydrogen (secondary N) is 1. The summed E-state index contributed by atoms with van der Waals surface area (Å²) >= 11 is 0. The Morgan fingerprint density at radius 1 is 1.04 bits per heavy atom. The Morgan fingerprint density at radius 2 is 1.88 bits per heavy atom. The van der Waals surface area contributed by atoms with Gasteiger partial charge in [-0.25, -0.2) is 14.6 Å². The van der Waals surface area contributed by atoms with Crippen LogP contribution in [-0.2, 0) is 6.54 Å². The van der Waals surface area contributed by atoms with Crippen LogP contribution < -0.4 is 10.2 Å². The fourth-order valence-electron chi connectivity index (χ4n) is 3.25. The fraction of sp³-hybridized carbons (Fsp3) is 0.368. The van der Waals surface area contributed by atoms with Crippen molar-refractivity contribution in [2.45, 2.75) is 33.2 Å². The largest absolute Gasteiger partial charge is 0.365 e. The molecule has 1 aliphatic heterocycles. The van der Waals surface area contributed by atoms with Gasteiger partial charge in [0.1, 0.15) is 11.6 Å². The van der Waals surface area contributed by atoms with Crippen LogP contribution in [0.15, 0.2) is 36.8 Å². The third-order valence-corrected chi connectivity index (χ3v) is 4.56. The Labute approximate surface area is 153 Å². The Hall–Kier alpha value is -2.96. The predicted octanol–water partition coefficient (Wildman–Crippen LogP) is 2.89. The first kappa shape index (κ1) is 16.5. The average Bonchev–Trinajstić information content (AvgIpc) is 3.30. The number of rotatable bonds is 5. The van der Waals surface area contributed by atoms with Gasteiger partial charge in [-0.2, -0.15) is 5.10 Å². The lowest BCUT2D eigenvalue weighted by atomic mass is 10.2. The van der Waals surface area contributed by atoms with Crippen LogP contribution in [0.5, 0.6) is 0 Å². The summed E-state index contributed by atoms with van der Waals surface area (Å²) in [6, 6.07) is 6.24. The molecule has 3 aromatic heterocycles. The Kier molecular flexibility index (Phi) is 4.51. The lowest BCUT2D eigenvalue weighted by Crippen LogP contribution is -2.18. The van der Waals surface area contributed by atoms with Gasteiger partial charge >= 0.3 is 0 Å². The summed E-state index contributed by atoms with van der Waals surface area (Å²) in [5.74, 6) is 2.50. The molecule has 26 heavy (non-hydrogen) atoms. The highest BCUT2D eigenvalue weighted by Gasteiger charge is 2.13. The van der Waals surface area contributed by atoms with Crippen LogP contribution in [0.1, 0.15) is 29.8 Å². The maximum absolute atomic E-state index is 4.61. The summed E-state index contributed by atoms with van der Waals surface area (Å²) in [6.45, 7) is 6.86. The first-order valence-electron chi connectivity index (χ1n) is 8.98. The smallest absolute Gasteiger partial charge is 0.174 e. The summed E-state index contributed by atoms with van der Waals surface area (Å²) in [6.07, 6.45) is 7.89. The van der Waals surface area contributed by atoms with Crippen molar-refractivity contribution in [2.24, 2.45) is 0 Å². The zero-order chi connectivity index (χ0) is 17.9. The molecular formula is C19H23N7. The van der Waals surface area contributed by atoms with Crippen molar-refractivity contribution in [1.82, 2.24) is 24.7 Å². The van der Waals surface area contributed by atoms with Gasteiger partial charge in [0.05, 0.1) is 18.1 Å². The van der Waals surface area contributed by atoms with E-state index in [-0.39, 0.29) is 0 Å². The number of aryl methyl sites for hydroxylation is 2. The molecule has 0 aliphatic carbocycles. The lowest BCUT2D eigenvalue weighted by Gasteiger charge is -2.16. The molecule has 0 atom stereocenters. The zero-order valence-corrected chi connectivity index (χ0v) is 15.2. The quantitative estimate of drug-likeness (QED) is 0.764. The van der Waals surface area contributed by atoms with Crippen LogP contribution in [0.2, 0.25) is 0 Å². The molecule has 1 N–H and O–H groups in total. The normalized spacial score (nSPS) is 14.0. The third kappa shape index (κ3) is 3.51. The van der Waals surface area contributed by atoms with E-state index in [0.717, 1.165) is 41.7 Å². The number of pyridine rings is 1. The molecule has 4 heterocycles. The molecule has 0 bridgehead atoms. The first-order chi connectivity index (χ1) is 12.7. The molecule has 0 radical (unpaired) electrons. The predicted molar refractivity (Wildman–Crippen MR) is 102 cm³/mol. The zero-order valence-electron chi connectivity index (χ0n) is 15.2. The molecule has 0 unspecified atom stereocenters. The topological polar surface area (TPSA) is 71.8 Å². The van der Waals surface area contributed by atoms with Crippen LogP contribution >= 0.6 is 0 Å². The molecule has 1 saturated heterocycles. The van der Waals surface area contributed by atoms with Crippen LogP contribution in [0.4, 0.5) is 11.6 Å². The molecule has 7 heteroatoms. The highest BCUT2D eigenvalue weighted by atomic mass is 15.3. The number of hydrogen-bond donors (Lipinski definition) is 1. The first-order valence-corrected chi connectivity index (χ1v) is 8.98. The van der Waals surface area contributed by atoms with Crippen LogP contribution in [0, 0.1) is 13.8 Å². The van der Waals surface area contributed by atoms with Crippen LogP contribution in [0.3, 0.4) is 0 Å². The standard InChI is InChI=1S/C19H23N7/c1-14-9-15(2)26(24-14)19-13-20-12-17(23-19)21-10-16-5-6-18(22-11-16)25-7-3-4-8-25/h5-6,9,11-13H,3-4,7-8,10H2,1-2H3,(H,21,23). The van der Waals surface area contributed by atoms with E-state index in [1.807, 2.05) is 26.1 Å². The molecule has 7 nitrogen and oxygen atoms in total. The molecule has 0 saturated carbocycles. The van der Waals surface area contributed by atoms with E-state index in [9.17, 15) is 0 Å². The molecule has 134 valence electrons. The SMILES string of the molecule is Cc1cc(C)n(-c2cncc(NCc3ccc(N4CCCC4)nc3)n2)n1. The highest BCUT2D eigenvalue weighted by Crippen LogP contribution is 2.18. The molecule has 0 amide bonds. The maximum Gasteiger partial charge on any atom is 0.174 e. The second-order valence-corrected chi connectivity index (χ2v) is 6.67. The van der Waals surface area contributed by atoms with E-state index in [0.29, 0.717) is 12.4 Å². The number of hydrogen-bond acceptors (Lipinski definition) is 6.